The van der Waals surface area contributed by atoms with Gasteiger partial charge in [0.1, 0.15) is 11.3 Å². The molecule has 15 heavy (non-hydrogen) atoms. The summed E-state index contributed by atoms with van der Waals surface area (Å²) in [5.74, 6) is 0.150. The Morgan fingerprint density at radius 3 is 2.27 bits per heavy atom. The molecule has 0 unspecified atom stereocenters. The summed E-state index contributed by atoms with van der Waals surface area (Å²) < 4.78 is 9.53. The maximum atomic E-state index is 11.1. The minimum absolute atomic E-state index is 0.382. The van der Waals surface area contributed by atoms with Crippen LogP contribution in [0.3, 0.4) is 0 Å². The molecule has 0 heterocycles. The number of benzene rings is 1. The maximum Gasteiger partial charge on any atom is 0.432 e. The van der Waals surface area contributed by atoms with Crippen LogP contribution in [0.15, 0.2) is 24.3 Å². The minimum atomic E-state index is -0.750. The standard InChI is InChI=1S/C9H10O3.BH3O2/c1-11-8-6-4-3-5-7(8)9(10)12-2;2-1-3/h3-6H,1-2H3;1-3H. The molecule has 0 amide bonds. The van der Waals surface area contributed by atoms with Crippen LogP contribution >= 0.6 is 0 Å². The second-order valence-electron chi connectivity index (χ2n) is 2.33. The third-order valence-corrected chi connectivity index (χ3v) is 1.51. The maximum absolute atomic E-state index is 11.1. The molecule has 0 spiro atoms. The number of hydrogen-bond acceptors (Lipinski definition) is 5. The topological polar surface area (TPSA) is 76.0 Å². The van der Waals surface area contributed by atoms with E-state index in [1.54, 1.807) is 24.3 Å². The molecule has 82 valence electrons. The van der Waals surface area contributed by atoms with Gasteiger partial charge in [-0.2, -0.15) is 0 Å². The van der Waals surface area contributed by atoms with Gasteiger partial charge in [0.25, 0.3) is 0 Å². The third-order valence-electron chi connectivity index (χ3n) is 1.51. The van der Waals surface area contributed by atoms with Gasteiger partial charge in [-0.05, 0) is 12.1 Å². The van der Waals surface area contributed by atoms with E-state index in [0.717, 1.165) is 0 Å². The number of rotatable bonds is 2. The molecule has 0 aliphatic rings. The van der Waals surface area contributed by atoms with Crippen molar-refractivity contribution in [2.45, 2.75) is 0 Å². The van der Waals surface area contributed by atoms with Gasteiger partial charge >= 0.3 is 13.7 Å². The van der Waals surface area contributed by atoms with E-state index in [0.29, 0.717) is 11.3 Å². The van der Waals surface area contributed by atoms with Crippen molar-refractivity contribution in [3.8, 4) is 5.75 Å². The summed E-state index contributed by atoms with van der Waals surface area (Å²) in [6.07, 6.45) is 0. The Labute approximate surface area is 88.6 Å². The van der Waals surface area contributed by atoms with Crippen molar-refractivity contribution in [2.75, 3.05) is 14.2 Å². The molecule has 1 aromatic carbocycles. The molecule has 0 saturated carbocycles. The first-order valence-corrected chi connectivity index (χ1v) is 4.14. The first kappa shape index (κ1) is 13.5. The Balaban J connectivity index is 0.000000583. The summed E-state index contributed by atoms with van der Waals surface area (Å²) in [7, 11) is 2.11. The quantitative estimate of drug-likeness (QED) is 0.520. The minimum Gasteiger partial charge on any atom is -0.496 e. The van der Waals surface area contributed by atoms with E-state index in [4.69, 9.17) is 14.8 Å². The van der Waals surface area contributed by atoms with E-state index in [1.165, 1.54) is 14.2 Å². The smallest absolute Gasteiger partial charge is 0.432 e. The van der Waals surface area contributed by atoms with Crippen LogP contribution < -0.4 is 4.74 Å². The van der Waals surface area contributed by atoms with Gasteiger partial charge in [-0.3, -0.25) is 0 Å². The molecule has 0 aliphatic heterocycles. The zero-order valence-electron chi connectivity index (χ0n) is 8.64. The molecule has 0 atom stereocenters. The zero-order valence-corrected chi connectivity index (χ0v) is 8.64. The van der Waals surface area contributed by atoms with Crippen molar-refractivity contribution in [2.24, 2.45) is 0 Å². The normalized spacial score (nSPS) is 8.27. The fourth-order valence-electron chi connectivity index (χ4n) is 0.923. The molecule has 0 saturated heterocycles. The van der Waals surface area contributed by atoms with E-state index >= 15 is 0 Å². The second-order valence-corrected chi connectivity index (χ2v) is 2.33. The average Bonchev–Trinajstić information content (AvgIpc) is 2.29. The lowest BCUT2D eigenvalue weighted by Crippen LogP contribution is -2.03. The summed E-state index contributed by atoms with van der Waals surface area (Å²) in [5.41, 5.74) is 0.447. The van der Waals surface area contributed by atoms with E-state index in [2.05, 4.69) is 4.74 Å². The Kier molecular flexibility index (Phi) is 7.04. The fourth-order valence-corrected chi connectivity index (χ4v) is 0.923. The predicted molar refractivity (Wildman–Crippen MR) is 55.9 cm³/mol. The fraction of sp³-hybridized carbons (Fsp3) is 0.222. The Morgan fingerprint density at radius 1 is 1.27 bits per heavy atom. The van der Waals surface area contributed by atoms with Gasteiger partial charge in [0.2, 0.25) is 0 Å². The zero-order chi connectivity index (χ0) is 11.7. The Morgan fingerprint density at radius 2 is 1.80 bits per heavy atom. The summed E-state index contributed by atoms with van der Waals surface area (Å²) in [6.45, 7) is 0. The van der Waals surface area contributed by atoms with Crippen LogP contribution in [0, 0.1) is 0 Å². The molecular weight excluding hydrogens is 199 g/mol. The highest BCUT2D eigenvalue weighted by Gasteiger charge is 2.10. The number of esters is 1. The van der Waals surface area contributed by atoms with Gasteiger partial charge in [0.15, 0.2) is 0 Å². The highest BCUT2D eigenvalue weighted by atomic mass is 16.5. The Hall–Kier alpha value is -1.53. The van der Waals surface area contributed by atoms with Gasteiger partial charge in [0, 0.05) is 0 Å². The molecule has 5 nitrogen and oxygen atoms in total. The first-order chi connectivity index (χ1) is 7.21. The molecule has 0 bridgehead atoms. The first-order valence-electron chi connectivity index (χ1n) is 4.14. The summed E-state index contributed by atoms with van der Waals surface area (Å²) in [4.78, 5) is 11.1. The SMILES string of the molecule is COC(=O)c1ccccc1OC.OBO. The van der Waals surface area contributed by atoms with Crippen LogP contribution in [0.2, 0.25) is 0 Å². The van der Waals surface area contributed by atoms with Crippen molar-refractivity contribution >= 4 is 13.7 Å². The van der Waals surface area contributed by atoms with Crippen LogP contribution in [-0.4, -0.2) is 37.9 Å². The van der Waals surface area contributed by atoms with Gasteiger partial charge < -0.3 is 19.5 Å². The number of ether oxygens (including phenoxy) is 2. The van der Waals surface area contributed by atoms with E-state index in [-0.39, 0.29) is 5.97 Å². The molecule has 1 aromatic rings. The molecule has 0 fully saturated rings. The molecule has 0 aliphatic carbocycles. The number of para-hydroxylation sites is 1. The van der Waals surface area contributed by atoms with E-state index in [9.17, 15) is 4.79 Å². The molecule has 6 heteroatoms. The van der Waals surface area contributed by atoms with E-state index < -0.39 is 7.69 Å². The van der Waals surface area contributed by atoms with E-state index in [1.807, 2.05) is 0 Å². The monoisotopic (exact) mass is 212 g/mol. The van der Waals surface area contributed by atoms with Gasteiger partial charge in [0.05, 0.1) is 14.2 Å². The third kappa shape index (κ3) is 4.48. The highest BCUT2D eigenvalue weighted by Crippen LogP contribution is 2.17. The van der Waals surface area contributed by atoms with Gasteiger partial charge in [-0.1, -0.05) is 12.1 Å². The molecule has 0 radical (unpaired) electrons. The van der Waals surface area contributed by atoms with Crippen LogP contribution in [0.1, 0.15) is 10.4 Å². The van der Waals surface area contributed by atoms with Crippen molar-refractivity contribution in [1.29, 1.82) is 0 Å². The molecule has 1 rings (SSSR count). The highest BCUT2D eigenvalue weighted by molar-refractivity contribution is 6.13. The number of carbonyl (C=O) groups is 1. The van der Waals surface area contributed by atoms with Crippen LogP contribution in [0.5, 0.6) is 5.75 Å². The molecular formula is C9H13BO5. The van der Waals surface area contributed by atoms with Crippen LogP contribution in [-0.2, 0) is 4.74 Å². The lowest BCUT2D eigenvalue weighted by atomic mass is 10.2. The van der Waals surface area contributed by atoms with Crippen molar-refractivity contribution in [3.63, 3.8) is 0 Å². The molecule has 2 N–H and O–H groups in total. The largest absolute Gasteiger partial charge is 0.496 e. The van der Waals surface area contributed by atoms with Crippen LogP contribution in [0.4, 0.5) is 0 Å². The van der Waals surface area contributed by atoms with Crippen molar-refractivity contribution in [1.82, 2.24) is 0 Å². The summed E-state index contributed by atoms with van der Waals surface area (Å²) in [6, 6.07) is 6.93. The van der Waals surface area contributed by atoms with Gasteiger partial charge in [-0.15, -0.1) is 0 Å². The number of hydrogen-bond donors (Lipinski definition) is 2. The average molecular weight is 212 g/mol. The lowest BCUT2D eigenvalue weighted by molar-refractivity contribution is 0.0597. The van der Waals surface area contributed by atoms with Crippen molar-refractivity contribution in [3.05, 3.63) is 29.8 Å². The predicted octanol–water partition coefficient (Wildman–Crippen LogP) is -0.281. The summed E-state index contributed by atoms with van der Waals surface area (Å²) >= 11 is 0. The Bertz CT molecular complexity index is 302. The number of carbonyl (C=O) groups excluding carboxylic acids is 1. The van der Waals surface area contributed by atoms with Crippen LogP contribution in [0.25, 0.3) is 0 Å². The van der Waals surface area contributed by atoms with Crippen molar-refractivity contribution < 1.29 is 24.3 Å². The lowest BCUT2D eigenvalue weighted by Gasteiger charge is -2.04. The summed E-state index contributed by atoms with van der Waals surface area (Å²) in [5, 5.41) is 14.2. The molecule has 0 aromatic heterocycles. The van der Waals surface area contributed by atoms with Gasteiger partial charge in [-0.25, -0.2) is 4.79 Å². The number of methoxy groups -OCH3 is 2. The second kappa shape index (κ2) is 7.84.